The molecule has 0 aromatic rings. The van der Waals surface area contributed by atoms with Crippen LogP contribution in [0.5, 0.6) is 0 Å². The SMILES string of the molecule is CCC1CCN(C(C)CC)CC(C)CN1. The highest BCUT2D eigenvalue weighted by atomic mass is 15.2. The maximum absolute atomic E-state index is 3.67. The van der Waals surface area contributed by atoms with Crippen LogP contribution in [0.4, 0.5) is 0 Å². The first-order valence-corrected chi connectivity index (χ1v) is 6.64. The van der Waals surface area contributed by atoms with Crippen LogP contribution in [0.2, 0.25) is 0 Å². The zero-order chi connectivity index (χ0) is 11.3. The van der Waals surface area contributed by atoms with Crippen LogP contribution in [0.25, 0.3) is 0 Å². The third kappa shape index (κ3) is 4.12. The Hall–Kier alpha value is -0.0800. The number of hydrogen-bond donors (Lipinski definition) is 1. The predicted molar refractivity (Wildman–Crippen MR) is 67.2 cm³/mol. The summed E-state index contributed by atoms with van der Waals surface area (Å²) in [5.41, 5.74) is 0. The van der Waals surface area contributed by atoms with Crippen molar-refractivity contribution in [2.45, 2.75) is 59.0 Å². The third-order valence-corrected chi connectivity index (χ3v) is 3.77. The molecular formula is C13H28N2. The molecule has 1 saturated heterocycles. The Balaban J connectivity index is 2.50. The molecule has 0 aromatic heterocycles. The first-order valence-electron chi connectivity index (χ1n) is 6.64. The van der Waals surface area contributed by atoms with Crippen LogP contribution in [0.3, 0.4) is 0 Å². The van der Waals surface area contributed by atoms with Crippen LogP contribution in [-0.4, -0.2) is 36.6 Å². The summed E-state index contributed by atoms with van der Waals surface area (Å²) in [7, 11) is 0. The molecule has 0 aromatic carbocycles. The first kappa shape index (κ1) is 13.0. The topological polar surface area (TPSA) is 15.3 Å². The molecule has 1 fully saturated rings. The van der Waals surface area contributed by atoms with Gasteiger partial charge in [0, 0.05) is 18.6 Å². The first-order chi connectivity index (χ1) is 7.17. The molecule has 0 radical (unpaired) electrons. The quantitative estimate of drug-likeness (QED) is 0.773. The largest absolute Gasteiger partial charge is 0.314 e. The van der Waals surface area contributed by atoms with Gasteiger partial charge in [-0.15, -0.1) is 0 Å². The van der Waals surface area contributed by atoms with Gasteiger partial charge in [-0.05, 0) is 45.2 Å². The second kappa shape index (κ2) is 6.49. The summed E-state index contributed by atoms with van der Waals surface area (Å²) in [6, 6.07) is 1.49. The van der Waals surface area contributed by atoms with Gasteiger partial charge in [0.1, 0.15) is 0 Å². The van der Waals surface area contributed by atoms with Crippen molar-refractivity contribution in [2.75, 3.05) is 19.6 Å². The second-order valence-corrected chi connectivity index (χ2v) is 5.16. The number of hydrogen-bond acceptors (Lipinski definition) is 2. The van der Waals surface area contributed by atoms with E-state index in [-0.39, 0.29) is 0 Å². The highest BCUT2D eigenvalue weighted by molar-refractivity contribution is 4.77. The average Bonchev–Trinajstić information content (AvgIpc) is 2.23. The lowest BCUT2D eigenvalue weighted by molar-refractivity contribution is 0.150. The maximum atomic E-state index is 3.67. The molecule has 1 aliphatic rings. The molecule has 3 unspecified atom stereocenters. The molecule has 1 N–H and O–H groups in total. The fourth-order valence-corrected chi connectivity index (χ4v) is 2.35. The number of nitrogens with one attached hydrogen (secondary N) is 1. The summed E-state index contributed by atoms with van der Waals surface area (Å²) in [6.45, 7) is 13.0. The van der Waals surface area contributed by atoms with E-state index in [1.54, 1.807) is 0 Å². The van der Waals surface area contributed by atoms with Gasteiger partial charge in [-0.1, -0.05) is 20.8 Å². The molecule has 90 valence electrons. The molecule has 3 atom stereocenters. The fourth-order valence-electron chi connectivity index (χ4n) is 2.35. The minimum absolute atomic E-state index is 0.735. The Labute approximate surface area is 95.4 Å². The van der Waals surface area contributed by atoms with E-state index in [4.69, 9.17) is 0 Å². The fraction of sp³-hybridized carbons (Fsp3) is 1.00. The van der Waals surface area contributed by atoms with Gasteiger partial charge >= 0.3 is 0 Å². The van der Waals surface area contributed by atoms with Crippen LogP contribution in [0, 0.1) is 5.92 Å². The lowest BCUT2D eigenvalue weighted by Crippen LogP contribution is -2.46. The van der Waals surface area contributed by atoms with Crippen molar-refractivity contribution in [1.29, 1.82) is 0 Å². The van der Waals surface area contributed by atoms with Crippen molar-refractivity contribution < 1.29 is 0 Å². The smallest absolute Gasteiger partial charge is 0.00767 e. The van der Waals surface area contributed by atoms with E-state index in [1.165, 1.54) is 38.9 Å². The van der Waals surface area contributed by atoms with Gasteiger partial charge in [0.15, 0.2) is 0 Å². The van der Waals surface area contributed by atoms with Crippen molar-refractivity contribution in [3.8, 4) is 0 Å². The van der Waals surface area contributed by atoms with E-state index in [2.05, 4.69) is 37.9 Å². The molecule has 2 heteroatoms. The predicted octanol–water partition coefficient (Wildman–Crippen LogP) is 2.49. The van der Waals surface area contributed by atoms with Crippen LogP contribution in [0.1, 0.15) is 47.0 Å². The monoisotopic (exact) mass is 212 g/mol. The summed E-state index contributed by atoms with van der Waals surface area (Å²) >= 11 is 0. The zero-order valence-electron chi connectivity index (χ0n) is 10.9. The van der Waals surface area contributed by atoms with E-state index in [9.17, 15) is 0 Å². The molecule has 1 heterocycles. The van der Waals surface area contributed by atoms with Gasteiger partial charge in [-0.25, -0.2) is 0 Å². The van der Waals surface area contributed by atoms with Crippen molar-refractivity contribution >= 4 is 0 Å². The van der Waals surface area contributed by atoms with Crippen LogP contribution in [-0.2, 0) is 0 Å². The van der Waals surface area contributed by atoms with Crippen molar-refractivity contribution in [1.82, 2.24) is 10.2 Å². The number of rotatable bonds is 3. The van der Waals surface area contributed by atoms with Gasteiger partial charge in [0.25, 0.3) is 0 Å². The standard InChI is InChI=1S/C13H28N2/c1-5-12(4)15-8-7-13(6-2)14-9-11(3)10-15/h11-14H,5-10H2,1-4H3. The van der Waals surface area contributed by atoms with Crippen molar-refractivity contribution in [2.24, 2.45) is 5.92 Å². The Morgan fingerprint density at radius 1 is 1.40 bits per heavy atom. The molecule has 15 heavy (non-hydrogen) atoms. The Bertz CT molecular complexity index is 168. The Morgan fingerprint density at radius 2 is 2.13 bits per heavy atom. The minimum Gasteiger partial charge on any atom is -0.314 e. The van der Waals surface area contributed by atoms with Gasteiger partial charge in [-0.3, -0.25) is 0 Å². The summed E-state index contributed by atoms with van der Waals surface area (Å²) < 4.78 is 0. The van der Waals surface area contributed by atoms with E-state index in [0.29, 0.717) is 0 Å². The number of nitrogens with zero attached hydrogens (tertiary/aromatic N) is 1. The maximum Gasteiger partial charge on any atom is 0.00767 e. The van der Waals surface area contributed by atoms with Crippen molar-refractivity contribution in [3.05, 3.63) is 0 Å². The molecule has 0 bridgehead atoms. The highest BCUT2D eigenvalue weighted by Gasteiger charge is 2.20. The minimum atomic E-state index is 0.735. The van der Waals surface area contributed by atoms with Crippen LogP contribution in [0.15, 0.2) is 0 Å². The Morgan fingerprint density at radius 3 is 2.73 bits per heavy atom. The summed E-state index contributed by atoms with van der Waals surface area (Å²) in [5, 5.41) is 3.67. The average molecular weight is 212 g/mol. The molecule has 0 amide bonds. The van der Waals surface area contributed by atoms with Gasteiger partial charge in [0.05, 0.1) is 0 Å². The van der Waals surface area contributed by atoms with E-state index < -0.39 is 0 Å². The molecule has 0 saturated carbocycles. The van der Waals surface area contributed by atoms with Crippen LogP contribution >= 0.6 is 0 Å². The lowest BCUT2D eigenvalue weighted by Gasteiger charge is -2.35. The molecule has 0 aliphatic carbocycles. The second-order valence-electron chi connectivity index (χ2n) is 5.16. The summed E-state index contributed by atoms with van der Waals surface area (Å²) in [6.07, 6.45) is 3.85. The molecule has 1 rings (SSSR count). The van der Waals surface area contributed by atoms with Crippen LogP contribution < -0.4 is 5.32 Å². The van der Waals surface area contributed by atoms with Gasteiger partial charge in [-0.2, -0.15) is 0 Å². The normalized spacial score (nSPS) is 32.0. The van der Waals surface area contributed by atoms with E-state index in [1.807, 2.05) is 0 Å². The molecule has 2 nitrogen and oxygen atoms in total. The Kier molecular flexibility index (Phi) is 5.62. The van der Waals surface area contributed by atoms with E-state index >= 15 is 0 Å². The van der Waals surface area contributed by atoms with Gasteiger partial charge in [0.2, 0.25) is 0 Å². The third-order valence-electron chi connectivity index (χ3n) is 3.77. The summed E-state index contributed by atoms with van der Waals surface area (Å²) in [5.74, 6) is 0.786. The molecular weight excluding hydrogens is 184 g/mol. The zero-order valence-corrected chi connectivity index (χ0v) is 10.9. The van der Waals surface area contributed by atoms with Crippen molar-refractivity contribution in [3.63, 3.8) is 0 Å². The highest BCUT2D eigenvalue weighted by Crippen LogP contribution is 2.13. The van der Waals surface area contributed by atoms with E-state index in [0.717, 1.165) is 18.0 Å². The lowest BCUT2D eigenvalue weighted by atomic mass is 10.0. The molecule has 0 spiro atoms. The molecule has 1 aliphatic heterocycles. The summed E-state index contributed by atoms with van der Waals surface area (Å²) in [4.78, 5) is 2.67. The van der Waals surface area contributed by atoms with Gasteiger partial charge < -0.3 is 10.2 Å².